The zero-order valence-electron chi connectivity index (χ0n) is 9.07. The molecule has 0 fully saturated rings. The maximum absolute atomic E-state index is 11.6. The quantitative estimate of drug-likeness (QED) is 0.825. The first-order valence-corrected chi connectivity index (χ1v) is 5.96. The molecule has 2 N–H and O–H groups in total. The van der Waals surface area contributed by atoms with E-state index in [1.165, 1.54) is 16.2 Å². The van der Waals surface area contributed by atoms with E-state index in [2.05, 4.69) is 6.07 Å². The summed E-state index contributed by atoms with van der Waals surface area (Å²) in [7, 11) is 0. The molecule has 0 atom stereocenters. The van der Waals surface area contributed by atoms with Crippen LogP contribution in [-0.4, -0.2) is 5.78 Å². The van der Waals surface area contributed by atoms with Gasteiger partial charge in [-0.25, -0.2) is 0 Å². The first kappa shape index (κ1) is 10.9. The van der Waals surface area contributed by atoms with Crippen LogP contribution in [0, 0.1) is 0 Å². The van der Waals surface area contributed by atoms with Crippen molar-refractivity contribution in [2.24, 2.45) is 5.73 Å². The van der Waals surface area contributed by atoms with Crippen LogP contribution in [0.5, 0.6) is 0 Å². The molecule has 2 nitrogen and oxygen atoms in total. The summed E-state index contributed by atoms with van der Waals surface area (Å²) in [4.78, 5) is 11.6. The molecule has 82 valence electrons. The molecule has 0 aliphatic carbocycles. The van der Waals surface area contributed by atoms with E-state index < -0.39 is 0 Å². The minimum atomic E-state index is 0.0588. The monoisotopic (exact) mass is 231 g/mol. The van der Waals surface area contributed by atoms with Crippen LogP contribution in [0.3, 0.4) is 0 Å². The molecule has 0 aliphatic rings. The van der Waals surface area contributed by atoms with E-state index in [1.54, 1.807) is 18.3 Å². The highest BCUT2D eigenvalue weighted by Gasteiger charge is 2.06. The zero-order chi connectivity index (χ0) is 11.5. The Kier molecular flexibility index (Phi) is 3.06. The molecule has 1 heterocycles. The molecule has 0 bridgehead atoms. The van der Waals surface area contributed by atoms with Gasteiger partial charge in [0.1, 0.15) is 0 Å². The lowest BCUT2D eigenvalue weighted by atomic mass is 10.1. The molecule has 0 saturated carbocycles. The van der Waals surface area contributed by atoms with E-state index in [-0.39, 0.29) is 5.78 Å². The van der Waals surface area contributed by atoms with Crippen LogP contribution < -0.4 is 5.73 Å². The molecule has 2 rings (SSSR count). The second-order valence-electron chi connectivity index (χ2n) is 3.79. The summed E-state index contributed by atoms with van der Waals surface area (Å²) in [6.45, 7) is 1.73. The van der Waals surface area contributed by atoms with Gasteiger partial charge in [0.15, 0.2) is 5.78 Å². The van der Waals surface area contributed by atoms with Crippen LogP contribution in [0.15, 0.2) is 41.4 Å². The summed E-state index contributed by atoms with van der Waals surface area (Å²) in [5.41, 5.74) is 7.12. The van der Waals surface area contributed by atoms with Crippen LogP contribution in [0.1, 0.15) is 12.5 Å². The Morgan fingerprint density at radius 1 is 1.44 bits per heavy atom. The standard InChI is InChI=1S/C13H13NOS/c1-9(14)6-11(15)7-10-8-16-13-5-3-2-4-12(10)13/h2-6,8H,7,14H2,1H3/b9-6-. The van der Waals surface area contributed by atoms with Crippen molar-refractivity contribution >= 4 is 27.2 Å². The molecule has 1 aromatic carbocycles. The summed E-state index contributed by atoms with van der Waals surface area (Å²) in [6, 6.07) is 8.12. The molecule has 0 unspecified atom stereocenters. The van der Waals surface area contributed by atoms with E-state index in [1.807, 2.05) is 23.6 Å². The van der Waals surface area contributed by atoms with Crippen molar-refractivity contribution in [2.75, 3.05) is 0 Å². The fraction of sp³-hybridized carbons (Fsp3) is 0.154. The predicted molar refractivity (Wildman–Crippen MR) is 68.5 cm³/mol. The SMILES string of the molecule is C/C(N)=C/C(=O)Cc1csc2ccccc12. The van der Waals surface area contributed by atoms with Crippen molar-refractivity contribution in [3.05, 3.63) is 47.0 Å². The third kappa shape index (κ3) is 2.31. The van der Waals surface area contributed by atoms with Gasteiger partial charge in [-0.15, -0.1) is 11.3 Å². The first-order chi connectivity index (χ1) is 7.66. The lowest BCUT2D eigenvalue weighted by molar-refractivity contribution is -0.114. The predicted octanol–water partition coefficient (Wildman–Crippen LogP) is 2.88. The van der Waals surface area contributed by atoms with Crippen LogP contribution in [0.4, 0.5) is 0 Å². The van der Waals surface area contributed by atoms with E-state index in [9.17, 15) is 4.79 Å². The van der Waals surface area contributed by atoms with Gasteiger partial charge < -0.3 is 5.73 Å². The fourth-order valence-corrected chi connectivity index (χ4v) is 2.63. The van der Waals surface area contributed by atoms with Crippen LogP contribution >= 0.6 is 11.3 Å². The summed E-state index contributed by atoms with van der Waals surface area (Å²) in [5, 5.41) is 3.21. The van der Waals surface area contributed by atoms with Crippen molar-refractivity contribution in [2.45, 2.75) is 13.3 Å². The number of thiophene rings is 1. The average Bonchev–Trinajstić information content (AvgIpc) is 2.61. The van der Waals surface area contributed by atoms with E-state index >= 15 is 0 Å². The molecule has 1 aromatic heterocycles. The molecular weight excluding hydrogens is 218 g/mol. The van der Waals surface area contributed by atoms with Crippen LogP contribution in [-0.2, 0) is 11.2 Å². The van der Waals surface area contributed by atoms with Crippen LogP contribution in [0.25, 0.3) is 10.1 Å². The average molecular weight is 231 g/mol. The number of benzene rings is 1. The summed E-state index contributed by atoms with van der Waals surface area (Å²) < 4.78 is 1.22. The molecule has 0 radical (unpaired) electrons. The van der Waals surface area contributed by atoms with Gasteiger partial charge in [0.25, 0.3) is 0 Å². The normalized spacial score (nSPS) is 11.9. The summed E-state index contributed by atoms with van der Waals surface area (Å²) in [6.07, 6.45) is 1.92. The minimum absolute atomic E-state index is 0.0588. The lowest BCUT2D eigenvalue weighted by Gasteiger charge is -1.96. The number of fused-ring (bicyclic) bond motifs is 1. The Balaban J connectivity index is 2.28. The van der Waals surface area contributed by atoms with Gasteiger partial charge in [0, 0.05) is 16.8 Å². The largest absolute Gasteiger partial charge is 0.402 e. The van der Waals surface area contributed by atoms with Gasteiger partial charge in [-0.3, -0.25) is 4.79 Å². The van der Waals surface area contributed by atoms with E-state index in [0.29, 0.717) is 12.1 Å². The third-order valence-corrected chi connectivity index (χ3v) is 3.33. The van der Waals surface area contributed by atoms with Crippen molar-refractivity contribution in [1.29, 1.82) is 0 Å². The van der Waals surface area contributed by atoms with Gasteiger partial charge in [0.2, 0.25) is 0 Å². The maximum Gasteiger partial charge on any atom is 0.161 e. The summed E-state index contributed by atoms with van der Waals surface area (Å²) in [5.74, 6) is 0.0588. The molecular formula is C13H13NOS. The maximum atomic E-state index is 11.6. The molecule has 0 amide bonds. The lowest BCUT2D eigenvalue weighted by Crippen LogP contribution is -2.02. The molecule has 3 heteroatoms. The Morgan fingerprint density at radius 3 is 2.94 bits per heavy atom. The smallest absolute Gasteiger partial charge is 0.161 e. The Hall–Kier alpha value is -1.61. The molecule has 0 spiro atoms. The van der Waals surface area contributed by atoms with Crippen LogP contribution in [0.2, 0.25) is 0 Å². The van der Waals surface area contributed by atoms with Crippen molar-refractivity contribution in [3.63, 3.8) is 0 Å². The van der Waals surface area contributed by atoms with E-state index in [4.69, 9.17) is 5.73 Å². The number of carbonyl (C=O) groups excluding carboxylic acids is 1. The van der Waals surface area contributed by atoms with Crippen molar-refractivity contribution < 1.29 is 4.79 Å². The van der Waals surface area contributed by atoms with Gasteiger partial charge in [-0.1, -0.05) is 18.2 Å². The molecule has 16 heavy (non-hydrogen) atoms. The molecule has 2 aromatic rings. The Labute approximate surface area is 98.4 Å². The van der Waals surface area contributed by atoms with Gasteiger partial charge in [-0.2, -0.15) is 0 Å². The number of ketones is 1. The summed E-state index contributed by atoms with van der Waals surface area (Å²) >= 11 is 1.67. The second-order valence-corrected chi connectivity index (χ2v) is 4.70. The van der Waals surface area contributed by atoms with Gasteiger partial charge in [0.05, 0.1) is 0 Å². The van der Waals surface area contributed by atoms with E-state index in [0.717, 1.165) is 5.56 Å². The Morgan fingerprint density at radius 2 is 2.19 bits per heavy atom. The number of carbonyl (C=O) groups is 1. The number of hydrogen-bond donors (Lipinski definition) is 1. The Bertz CT molecular complexity index is 550. The third-order valence-electron chi connectivity index (χ3n) is 2.31. The minimum Gasteiger partial charge on any atom is -0.402 e. The van der Waals surface area contributed by atoms with Crippen molar-refractivity contribution in [3.8, 4) is 0 Å². The topological polar surface area (TPSA) is 43.1 Å². The fourth-order valence-electron chi connectivity index (χ4n) is 1.66. The molecule has 0 aliphatic heterocycles. The van der Waals surface area contributed by atoms with Gasteiger partial charge in [-0.05, 0) is 35.4 Å². The zero-order valence-corrected chi connectivity index (χ0v) is 9.88. The molecule has 0 saturated heterocycles. The number of nitrogens with two attached hydrogens (primary N) is 1. The van der Waals surface area contributed by atoms with Crippen molar-refractivity contribution in [1.82, 2.24) is 0 Å². The van der Waals surface area contributed by atoms with Gasteiger partial charge >= 0.3 is 0 Å². The first-order valence-electron chi connectivity index (χ1n) is 5.08. The second kappa shape index (κ2) is 4.49. The number of rotatable bonds is 3. The number of allylic oxidation sites excluding steroid dienone is 2. The number of hydrogen-bond acceptors (Lipinski definition) is 3. The highest BCUT2D eigenvalue weighted by atomic mass is 32.1. The highest BCUT2D eigenvalue weighted by Crippen LogP contribution is 2.26. The highest BCUT2D eigenvalue weighted by molar-refractivity contribution is 7.17.